The number of phenolic OH excluding ortho intramolecular Hbond substituents is 4. The first-order valence-electron chi connectivity index (χ1n) is 8.88. The summed E-state index contributed by atoms with van der Waals surface area (Å²) in [6.07, 6.45) is 0.515. The van der Waals surface area contributed by atoms with Gasteiger partial charge in [-0.3, -0.25) is 4.79 Å². The van der Waals surface area contributed by atoms with Crippen LogP contribution in [-0.4, -0.2) is 33.3 Å². The summed E-state index contributed by atoms with van der Waals surface area (Å²) in [7, 11) is 1.42. The summed E-state index contributed by atoms with van der Waals surface area (Å²) in [6.45, 7) is 0. The van der Waals surface area contributed by atoms with E-state index in [4.69, 9.17) is 9.15 Å². The van der Waals surface area contributed by atoms with Crippen LogP contribution in [0.3, 0.4) is 0 Å². The van der Waals surface area contributed by atoms with Gasteiger partial charge in [-0.1, -0.05) is 12.1 Å². The van der Waals surface area contributed by atoms with Crippen molar-refractivity contribution in [2.75, 3.05) is 7.11 Å². The van der Waals surface area contributed by atoms with Gasteiger partial charge in [0.25, 0.3) is 0 Å². The number of methoxy groups -OCH3 is 1. The van der Waals surface area contributed by atoms with E-state index in [9.17, 15) is 25.2 Å². The van der Waals surface area contributed by atoms with Crippen LogP contribution >= 0.6 is 0 Å². The standard InChI is InChI=1S/C22H18O7/c1-28-19-10-17(27)21(14(24)7-4-11-2-5-12(23)6-3-11)22-20(19)13-8-15(25)16(26)9-18(13)29-22/h2-3,5-6,8-10,23,25-27H,4,7H2,1H3. The van der Waals surface area contributed by atoms with Gasteiger partial charge in [-0.2, -0.15) is 0 Å². The summed E-state index contributed by atoms with van der Waals surface area (Å²) < 4.78 is 11.1. The van der Waals surface area contributed by atoms with E-state index in [-0.39, 0.29) is 57.7 Å². The van der Waals surface area contributed by atoms with Gasteiger partial charge in [0, 0.05) is 23.9 Å². The molecule has 148 valence electrons. The Labute approximate surface area is 165 Å². The van der Waals surface area contributed by atoms with E-state index in [1.165, 1.54) is 25.3 Å². The summed E-state index contributed by atoms with van der Waals surface area (Å²) in [4.78, 5) is 12.9. The summed E-state index contributed by atoms with van der Waals surface area (Å²) in [5.41, 5.74) is 1.24. The second-order valence-electron chi connectivity index (χ2n) is 6.71. The average Bonchev–Trinajstić information content (AvgIpc) is 3.04. The zero-order valence-electron chi connectivity index (χ0n) is 15.5. The maximum atomic E-state index is 12.9. The summed E-state index contributed by atoms with van der Waals surface area (Å²) in [5, 5.41) is 40.3. The molecule has 7 nitrogen and oxygen atoms in total. The highest BCUT2D eigenvalue weighted by Crippen LogP contribution is 2.44. The number of hydrogen-bond acceptors (Lipinski definition) is 7. The van der Waals surface area contributed by atoms with Gasteiger partial charge in [0.1, 0.15) is 28.4 Å². The van der Waals surface area contributed by atoms with Crippen molar-refractivity contribution in [1.82, 2.24) is 0 Å². The molecule has 0 aliphatic rings. The normalized spacial score (nSPS) is 11.2. The third-order valence-corrected chi connectivity index (χ3v) is 4.86. The molecule has 0 bridgehead atoms. The van der Waals surface area contributed by atoms with Gasteiger partial charge in [0.2, 0.25) is 0 Å². The van der Waals surface area contributed by atoms with Crippen molar-refractivity contribution in [1.29, 1.82) is 0 Å². The summed E-state index contributed by atoms with van der Waals surface area (Å²) >= 11 is 0. The summed E-state index contributed by atoms with van der Waals surface area (Å²) in [6, 6.07) is 10.4. The number of phenols is 4. The topological polar surface area (TPSA) is 120 Å². The van der Waals surface area contributed by atoms with E-state index in [2.05, 4.69) is 0 Å². The minimum Gasteiger partial charge on any atom is -0.508 e. The van der Waals surface area contributed by atoms with Gasteiger partial charge in [0.15, 0.2) is 22.9 Å². The fourth-order valence-electron chi connectivity index (χ4n) is 3.40. The second-order valence-corrected chi connectivity index (χ2v) is 6.71. The minimum atomic E-state index is -0.361. The van der Waals surface area contributed by atoms with Crippen LogP contribution in [0.4, 0.5) is 0 Å². The van der Waals surface area contributed by atoms with Gasteiger partial charge < -0.3 is 29.6 Å². The van der Waals surface area contributed by atoms with E-state index in [1.807, 2.05) is 0 Å². The van der Waals surface area contributed by atoms with E-state index >= 15 is 0 Å². The fourth-order valence-corrected chi connectivity index (χ4v) is 3.40. The molecule has 0 saturated heterocycles. The van der Waals surface area contributed by atoms with Gasteiger partial charge in [-0.05, 0) is 30.2 Å². The largest absolute Gasteiger partial charge is 0.508 e. The van der Waals surface area contributed by atoms with Crippen molar-refractivity contribution < 1.29 is 34.4 Å². The molecule has 29 heavy (non-hydrogen) atoms. The molecular formula is C22H18O7. The van der Waals surface area contributed by atoms with Crippen molar-refractivity contribution >= 4 is 27.7 Å². The Kier molecular flexibility index (Phi) is 4.43. The molecule has 0 aliphatic heterocycles. The SMILES string of the molecule is COc1cc(O)c(C(=O)CCc2ccc(O)cc2)c2oc3cc(O)c(O)cc3c12. The predicted octanol–water partition coefficient (Wildman–Crippen LogP) is 4.23. The Bertz CT molecular complexity index is 1240. The number of fused-ring (bicyclic) bond motifs is 3. The third kappa shape index (κ3) is 3.16. The number of furan rings is 1. The molecule has 3 aromatic carbocycles. The lowest BCUT2D eigenvalue weighted by atomic mass is 9.99. The number of carbonyl (C=O) groups is 1. The highest BCUT2D eigenvalue weighted by atomic mass is 16.5. The number of hydrogen-bond donors (Lipinski definition) is 4. The lowest BCUT2D eigenvalue weighted by molar-refractivity contribution is 0.0981. The van der Waals surface area contributed by atoms with Crippen LogP contribution in [0, 0.1) is 0 Å². The third-order valence-electron chi connectivity index (χ3n) is 4.86. The van der Waals surface area contributed by atoms with Crippen molar-refractivity contribution in [3.63, 3.8) is 0 Å². The first-order valence-corrected chi connectivity index (χ1v) is 8.88. The molecule has 0 radical (unpaired) electrons. The number of aryl methyl sites for hydroxylation is 1. The number of carbonyl (C=O) groups excluding carboxylic acids is 1. The predicted molar refractivity (Wildman–Crippen MR) is 106 cm³/mol. The molecule has 0 saturated carbocycles. The van der Waals surface area contributed by atoms with Crippen molar-refractivity contribution in [2.24, 2.45) is 0 Å². The van der Waals surface area contributed by atoms with Gasteiger partial charge in [-0.25, -0.2) is 0 Å². The molecule has 0 spiro atoms. The molecule has 4 aromatic rings. The zero-order chi connectivity index (χ0) is 20.7. The summed E-state index contributed by atoms with van der Waals surface area (Å²) in [5.74, 6) is -0.899. The number of rotatable bonds is 5. The highest BCUT2D eigenvalue weighted by Gasteiger charge is 2.24. The van der Waals surface area contributed by atoms with Gasteiger partial charge in [-0.15, -0.1) is 0 Å². The van der Waals surface area contributed by atoms with Gasteiger partial charge >= 0.3 is 0 Å². The Balaban J connectivity index is 1.81. The number of benzene rings is 3. The number of Topliss-reactive ketones (excluding diaryl/α,β-unsaturated/α-hetero) is 1. The van der Waals surface area contributed by atoms with Crippen molar-refractivity contribution in [3.05, 3.63) is 53.6 Å². The van der Waals surface area contributed by atoms with E-state index in [0.717, 1.165) is 5.56 Å². The lowest BCUT2D eigenvalue weighted by Crippen LogP contribution is -2.03. The van der Waals surface area contributed by atoms with Crippen LogP contribution in [0.2, 0.25) is 0 Å². The van der Waals surface area contributed by atoms with Crippen LogP contribution in [0.15, 0.2) is 46.9 Å². The molecule has 0 unspecified atom stereocenters. The molecule has 4 N–H and O–H groups in total. The Morgan fingerprint density at radius 1 is 0.966 bits per heavy atom. The smallest absolute Gasteiger partial charge is 0.170 e. The number of ketones is 1. The Morgan fingerprint density at radius 2 is 1.66 bits per heavy atom. The van der Waals surface area contributed by atoms with E-state index in [1.54, 1.807) is 24.3 Å². The lowest BCUT2D eigenvalue weighted by Gasteiger charge is -2.09. The van der Waals surface area contributed by atoms with Crippen LogP contribution in [0.25, 0.3) is 21.9 Å². The monoisotopic (exact) mass is 394 g/mol. The van der Waals surface area contributed by atoms with Crippen molar-refractivity contribution in [2.45, 2.75) is 12.8 Å². The molecule has 1 aromatic heterocycles. The second kappa shape index (κ2) is 6.94. The van der Waals surface area contributed by atoms with Crippen molar-refractivity contribution in [3.8, 4) is 28.7 Å². The quantitative estimate of drug-likeness (QED) is 0.295. The molecule has 0 atom stereocenters. The number of ether oxygens (including phenoxy) is 1. The Hall–Kier alpha value is -3.87. The average molecular weight is 394 g/mol. The molecule has 0 aliphatic carbocycles. The van der Waals surface area contributed by atoms with Crippen LogP contribution in [-0.2, 0) is 6.42 Å². The van der Waals surface area contributed by atoms with E-state index < -0.39 is 0 Å². The van der Waals surface area contributed by atoms with Gasteiger partial charge in [0.05, 0.1) is 12.5 Å². The van der Waals surface area contributed by atoms with Crippen LogP contribution in [0.1, 0.15) is 22.3 Å². The van der Waals surface area contributed by atoms with Crippen LogP contribution in [0.5, 0.6) is 28.7 Å². The molecular weight excluding hydrogens is 376 g/mol. The maximum absolute atomic E-state index is 12.9. The first kappa shape index (κ1) is 18.5. The fraction of sp³-hybridized carbons (Fsp3) is 0.136. The minimum absolute atomic E-state index is 0.00904. The number of aromatic hydroxyl groups is 4. The molecule has 4 rings (SSSR count). The maximum Gasteiger partial charge on any atom is 0.170 e. The molecule has 0 amide bonds. The zero-order valence-corrected chi connectivity index (χ0v) is 15.5. The molecule has 7 heteroatoms. The van der Waals surface area contributed by atoms with E-state index in [0.29, 0.717) is 17.2 Å². The molecule has 1 heterocycles. The first-order chi connectivity index (χ1) is 13.9. The Morgan fingerprint density at radius 3 is 2.34 bits per heavy atom. The highest BCUT2D eigenvalue weighted by molar-refractivity contribution is 6.18. The van der Waals surface area contributed by atoms with Crippen LogP contribution < -0.4 is 4.74 Å². The molecule has 0 fully saturated rings.